The van der Waals surface area contributed by atoms with Gasteiger partial charge in [-0.25, -0.2) is 0 Å². The molecule has 0 spiro atoms. The molecule has 0 unspecified atom stereocenters. The lowest BCUT2D eigenvalue weighted by molar-refractivity contribution is -0.137. The van der Waals surface area contributed by atoms with E-state index in [1.54, 1.807) is 0 Å². The molecule has 1 fully saturated rings. The normalized spacial score (nSPS) is 20.5. The molecule has 1 aliphatic carbocycles. The molecule has 2 rings (SSSR count). The third-order valence-corrected chi connectivity index (χ3v) is 5.18. The molecule has 1 saturated carbocycles. The minimum absolute atomic E-state index is 0.0238. The molecule has 4 nitrogen and oxygen atoms in total. The summed E-state index contributed by atoms with van der Waals surface area (Å²) < 4.78 is 0. The maximum Gasteiger partial charge on any atom is 0.227 e. The van der Waals surface area contributed by atoms with Gasteiger partial charge in [-0.1, -0.05) is 25.1 Å². The number of hydrogen-bond donors (Lipinski definition) is 1. The van der Waals surface area contributed by atoms with Crippen LogP contribution < -0.4 is 5.32 Å². The summed E-state index contributed by atoms with van der Waals surface area (Å²) in [7, 11) is 0. The van der Waals surface area contributed by atoms with Gasteiger partial charge in [0.25, 0.3) is 0 Å². The Labute approximate surface area is 145 Å². The summed E-state index contributed by atoms with van der Waals surface area (Å²) in [5.41, 5.74) is 2.09. The maximum absolute atomic E-state index is 12.6. The summed E-state index contributed by atoms with van der Waals surface area (Å²) in [6.07, 6.45) is 4.16. The molecule has 0 bridgehead atoms. The third kappa shape index (κ3) is 4.37. The Morgan fingerprint density at radius 2 is 1.58 bits per heavy atom. The fourth-order valence-electron chi connectivity index (χ4n) is 3.58. The van der Waals surface area contributed by atoms with Crippen LogP contribution in [0.3, 0.4) is 0 Å². The molecule has 24 heavy (non-hydrogen) atoms. The highest BCUT2D eigenvalue weighted by Gasteiger charge is 2.31. The average molecular weight is 330 g/mol. The summed E-state index contributed by atoms with van der Waals surface area (Å²) in [5, 5.41) is 3.09. The van der Waals surface area contributed by atoms with Crippen LogP contribution in [0.5, 0.6) is 0 Å². The first kappa shape index (κ1) is 18.5. The van der Waals surface area contributed by atoms with E-state index in [2.05, 4.69) is 18.3 Å². The molecule has 0 heterocycles. The van der Waals surface area contributed by atoms with Crippen molar-refractivity contribution in [3.8, 4) is 0 Å². The molecular formula is C20H30N2O2. The van der Waals surface area contributed by atoms with Crippen LogP contribution in [0.25, 0.3) is 0 Å². The molecule has 0 saturated heterocycles. The first-order valence-electron chi connectivity index (χ1n) is 9.28. The lowest BCUT2D eigenvalue weighted by Crippen LogP contribution is -2.38. The molecule has 2 amide bonds. The molecule has 1 aromatic carbocycles. The van der Waals surface area contributed by atoms with Crippen molar-refractivity contribution in [2.75, 3.05) is 18.4 Å². The highest BCUT2D eigenvalue weighted by Crippen LogP contribution is 2.31. The van der Waals surface area contributed by atoms with Crippen LogP contribution >= 0.6 is 0 Å². The number of carbonyl (C=O) groups excluding carboxylic acids is 2. The Bertz CT molecular complexity index is 559. The fourth-order valence-corrected chi connectivity index (χ4v) is 3.58. The molecule has 1 aliphatic rings. The van der Waals surface area contributed by atoms with E-state index < -0.39 is 0 Å². The fraction of sp³-hybridized carbons (Fsp3) is 0.600. The monoisotopic (exact) mass is 330 g/mol. The lowest BCUT2D eigenvalue weighted by atomic mass is 9.81. The summed E-state index contributed by atoms with van der Waals surface area (Å²) in [6.45, 7) is 7.67. The zero-order valence-electron chi connectivity index (χ0n) is 15.2. The SMILES string of the molecule is CCc1ccccc1NC(=O)C1CCC(C(=O)N(CC)CC)CC1. The van der Waals surface area contributed by atoms with Crippen molar-refractivity contribution in [3.63, 3.8) is 0 Å². The van der Waals surface area contributed by atoms with E-state index in [0.29, 0.717) is 0 Å². The molecule has 1 N–H and O–H groups in total. The number of amides is 2. The van der Waals surface area contributed by atoms with Crippen LogP contribution in [0.2, 0.25) is 0 Å². The van der Waals surface area contributed by atoms with E-state index in [9.17, 15) is 9.59 Å². The van der Waals surface area contributed by atoms with Gasteiger partial charge in [-0.05, 0) is 57.6 Å². The van der Waals surface area contributed by atoms with Crippen molar-refractivity contribution < 1.29 is 9.59 Å². The first-order chi connectivity index (χ1) is 11.6. The van der Waals surface area contributed by atoms with Crippen LogP contribution in [0, 0.1) is 11.8 Å². The van der Waals surface area contributed by atoms with Crippen LogP contribution in [0.4, 0.5) is 5.69 Å². The highest BCUT2D eigenvalue weighted by atomic mass is 16.2. The number of benzene rings is 1. The van der Waals surface area contributed by atoms with E-state index in [0.717, 1.165) is 56.4 Å². The van der Waals surface area contributed by atoms with E-state index in [4.69, 9.17) is 0 Å². The number of nitrogens with one attached hydrogen (secondary N) is 1. The molecule has 0 aromatic heterocycles. The van der Waals surface area contributed by atoms with Crippen molar-refractivity contribution in [3.05, 3.63) is 29.8 Å². The number of carbonyl (C=O) groups is 2. The minimum atomic E-state index is 0.0238. The largest absolute Gasteiger partial charge is 0.343 e. The summed E-state index contributed by atoms with van der Waals surface area (Å²) in [6, 6.07) is 7.97. The van der Waals surface area contributed by atoms with Crippen LogP contribution in [-0.2, 0) is 16.0 Å². The van der Waals surface area contributed by atoms with Gasteiger partial charge in [0, 0.05) is 30.6 Å². The van der Waals surface area contributed by atoms with Gasteiger partial charge >= 0.3 is 0 Å². The van der Waals surface area contributed by atoms with Gasteiger partial charge in [-0.3, -0.25) is 9.59 Å². The van der Waals surface area contributed by atoms with E-state index in [1.807, 2.05) is 36.9 Å². The predicted octanol–water partition coefficient (Wildman–Crippen LogP) is 3.86. The number of para-hydroxylation sites is 1. The van der Waals surface area contributed by atoms with Crippen LogP contribution in [0.1, 0.15) is 52.0 Å². The van der Waals surface area contributed by atoms with Crippen molar-refractivity contribution in [2.45, 2.75) is 52.9 Å². The molecule has 1 aromatic rings. The van der Waals surface area contributed by atoms with E-state index >= 15 is 0 Å². The summed E-state index contributed by atoms with van der Waals surface area (Å²) >= 11 is 0. The second kappa shape index (κ2) is 8.86. The molecule has 4 heteroatoms. The summed E-state index contributed by atoms with van der Waals surface area (Å²) in [4.78, 5) is 26.9. The summed E-state index contributed by atoms with van der Waals surface area (Å²) in [5.74, 6) is 0.479. The first-order valence-corrected chi connectivity index (χ1v) is 9.28. The van der Waals surface area contributed by atoms with Gasteiger partial charge < -0.3 is 10.2 Å². The minimum Gasteiger partial charge on any atom is -0.343 e. The number of aryl methyl sites for hydroxylation is 1. The van der Waals surface area contributed by atoms with Crippen molar-refractivity contribution in [1.29, 1.82) is 0 Å². The second-order valence-corrected chi connectivity index (χ2v) is 6.56. The van der Waals surface area contributed by atoms with Gasteiger partial charge in [0.15, 0.2) is 0 Å². The maximum atomic E-state index is 12.6. The van der Waals surface area contributed by atoms with Crippen molar-refractivity contribution >= 4 is 17.5 Å². The molecule has 0 atom stereocenters. The molecular weight excluding hydrogens is 300 g/mol. The zero-order chi connectivity index (χ0) is 17.5. The third-order valence-electron chi connectivity index (χ3n) is 5.18. The number of hydrogen-bond acceptors (Lipinski definition) is 2. The molecule has 0 aliphatic heterocycles. The number of anilines is 1. The zero-order valence-corrected chi connectivity index (χ0v) is 15.2. The Morgan fingerprint density at radius 3 is 2.17 bits per heavy atom. The smallest absolute Gasteiger partial charge is 0.227 e. The van der Waals surface area contributed by atoms with E-state index in [-0.39, 0.29) is 23.7 Å². The van der Waals surface area contributed by atoms with Crippen LogP contribution in [0.15, 0.2) is 24.3 Å². The van der Waals surface area contributed by atoms with Gasteiger partial charge in [-0.2, -0.15) is 0 Å². The highest BCUT2D eigenvalue weighted by molar-refractivity contribution is 5.93. The Hall–Kier alpha value is -1.84. The Kier molecular flexibility index (Phi) is 6.83. The quantitative estimate of drug-likeness (QED) is 0.861. The van der Waals surface area contributed by atoms with Crippen molar-refractivity contribution in [2.24, 2.45) is 11.8 Å². The Balaban J connectivity index is 1.90. The van der Waals surface area contributed by atoms with Gasteiger partial charge in [-0.15, -0.1) is 0 Å². The number of rotatable bonds is 6. The van der Waals surface area contributed by atoms with E-state index in [1.165, 1.54) is 0 Å². The second-order valence-electron chi connectivity index (χ2n) is 6.56. The topological polar surface area (TPSA) is 49.4 Å². The lowest BCUT2D eigenvalue weighted by Gasteiger charge is -2.30. The van der Waals surface area contributed by atoms with Gasteiger partial charge in [0.05, 0.1) is 0 Å². The Morgan fingerprint density at radius 1 is 1.00 bits per heavy atom. The molecule has 132 valence electrons. The predicted molar refractivity (Wildman–Crippen MR) is 97.8 cm³/mol. The standard InChI is InChI=1S/C20H30N2O2/c1-4-15-9-7-8-10-18(15)21-19(23)16-11-13-17(14-12-16)20(24)22(5-2)6-3/h7-10,16-17H,4-6,11-14H2,1-3H3,(H,21,23). The molecule has 0 radical (unpaired) electrons. The van der Waals surface area contributed by atoms with Crippen LogP contribution in [-0.4, -0.2) is 29.8 Å². The number of nitrogens with zero attached hydrogens (tertiary/aromatic N) is 1. The van der Waals surface area contributed by atoms with Crippen molar-refractivity contribution in [1.82, 2.24) is 4.90 Å². The van der Waals surface area contributed by atoms with Gasteiger partial charge in [0.1, 0.15) is 0 Å². The average Bonchev–Trinajstić information content (AvgIpc) is 2.63. The van der Waals surface area contributed by atoms with Gasteiger partial charge in [0.2, 0.25) is 11.8 Å².